The molecule has 2 heterocycles. The molecule has 0 bridgehead atoms. The number of ether oxygens (including phenoxy) is 2. The lowest BCUT2D eigenvalue weighted by atomic mass is 10.0. The molecule has 0 aliphatic carbocycles. The van der Waals surface area contributed by atoms with Crippen molar-refractivity contribution < 1.29 is 9.47 Å². The highest BCUT2D eigenvalue weighted by atomic mass is 127. The smallest absolute Gasteiger partial charge is 0.191 e. The van der Waals surface area contributed by atoms with Crippen LogP contribution in [0.2, 0.25) is 0 Å². The first-order chi connectivity index (χ1) is 13.8. The highest BCUT2D eigenvalue weighted by molar-refractivity contribution is 14.0. The van der Waals surface area contributed by atoms with E-state index >= 15 is 0 Å². The Hall–Kier alpha value is -1.32. The molecule has 1 fully saturated rings. The second kappa shape index (κ2) is 13.8. The minimum absolute atomic E-state index is 0. The van der Waals surface area contributed by atoms with E-state index in [4.69, 9.17) is 9.47 Å². The van der Waals surface area contributed by atoms with Gasteiger partial charge in [0.2, 0.25) is 0 Å². The summed E-state index contributed by atoms with van der Waals surface area (Å²) in [6.07, 6.45) is 7.65. The van der Waals surface area contributed by atoms with Crippen molar-refractivity contribution in [3.63, 3.8) is 0 Å². The monoisotopic (exact) mass is 514 g/mol. The van der Waals surface area contributed by atoms with Crippen LogP contribution >= 0.6 is 24.0 Å². The van der Waals surface area contributed by atoms with Gasteiger partial charge >= 0.3 is 0 Å². The van der Waals surface area contributed by atoms with Gasteiger partial charge in [0.15, 0.2) is 5.96 Å². The van der Waals surface area contributed by atoms with Crippen molar-refractivity contribution in [2.24, 2.45) is 10.9 Å². The van der Waals surface area contributed by atoms with Crippen LogP contribution in [0.1, 0.15) is 24.8 Å². The Morgan fingerprint density at radius 3 is 2.55 bits per heavy atom. The minimum atomic E-state index is 0. The Labute approximate surface area is 192 Å². The van der Waals surface area contributed by atoms with Gasteiger partial charge in [0, 0.05) is 65.3 Å². The zero-order valence-corrected chi connectivity index (χ0v) is 19.8. The van der Waals surface area contributed by atoms with Crippen LogP contribution in [-0.2, 0) is 16.0 Å². The van der Waals surface area contributed by atoms with Crippen molar-refractivity contribution >= 4 is 35.6 Å². The molecular formula is C22H35IN4O2. The molecule has 0 aromatic heterocycles. The Balaban J connectivity index is 0.00000300. The van der Waals surface area contributed by atoms with Gasteiger partial charge in [-0.05, 0) is 42.9 Å². The first kappa shape index (κ1) is 24.0. The summed E-state index contributed by atoms with van der Waals surface area (Å²) >= 11 is 0. The SMILES string of the molecule is CN=C(NCCCOCC1CCOCC1)NCc1ccc(N2CC=CC2)cc1.I. The average molecular weight is 514 g/mol. The molecule has 0 atom stereocenters. The van der Waals surface area contributed by atoms with Crippen LogP contribution in [0.15, 0.2) is 41.4 Å². The molecule has 7 heteroatoms. The predicted molar refractivity (Wildman–Crippen MR) is 130 cm³/mol. The van der Waals surface area contributed by atoms with E-state index in [1.165, 1.54) is 11.3 Å². The standard InChI is InChI=1S/C22H34N4O2.HI/c1-23-22(24-11-4-14-28-18-20-9-15-27-16-10-20)25-17-19-5-7-21(8-6-19)26-12-2-3-13-26;/h2-3,5-8,20H,4,9-18H2,1H3,(H2,23,24,25);1H. The van der Waals surface area contributed by atoms with Gasteiger partial charge in [-0.1, -0.05) is 24.3 Å². The van der Waals surface area contributed by atoms with Crippen molar-refractivity contribution in [1.82, 2.24) is 10.6 Å². The molecule has 2 aliphatic heterocycles. The first-order valence-corrected chi connectivity index (χ1v) is 10.4. The molecule has 6 nitrogen and oxygen atoms in total. The van der Waals surface area contributed by atoms with Crippen molar-refractivity contribution in [3.05, 3.63) is 42.0 Å². The quantitative estimate of drug-likeness (QED) is 0.174. The van der Waals surface area contributed by atoms with Gasteiger partial charge in [0.1, 0.15) is 0 Å². The highest BCUT2D eigenvalue weighted by Crippen LogP contribution is 2.17. The molecule has 0 radical (unpaired) electrons. The summed E-state index contributed by atoms with van der Waals surface area (Å²) in [6.45, 7) is 7.05. The lowest BCUT2D eigenvalue weighted by Gasteiger charge is -2.21. The maximum Gasteiger partial charge on any atom is 0.191 e. The third-order valence-corrected chi connectivity index (χ3v) is 5.26. The van der Waals surface area contributed by atoms with Crippen LogP contribution in [0.25, 0.3) is 0 Å². The fourth-order valence-electron chi connectivity index (χ4n) is 3.46. The molecule has 0 amide bonds. The van der Waals surface area contributed by atoms with Crippen LogP contribution in [0.4, 0.5) is 5.69 Å². The number of anilines is 1. The first-order valence-electron chi connectivity index (χ1n) is 10.4. The molecule has 1 aromatic carbocycles. The van der Waals surface area contributed by atoms with E-state index in [2.05, 4.69) is 56.9 Å². The zero-order chi connectivity index (χ0) is 19.4. The van der Waals surface area contributed by atoms with Crippen molar-refractivity contribution in [2.75, 3.05) is 58.0 Å². The summed E-state index contributed by atoms with van der Waals surface area (Å²) in [6, 6.07) is 8.74. The molecule has 2 aliphatic rings. The van der Waals surface area contributed by atoms with Gasteiger partial charge in [-0.2, -0.15) is 0 Å². The normalized spacial score (nSPS) is 17.3. The van der Waals surface area contributed by atoms with Crippen molar-refractivity contribution in [2.45, 2.75) is 25.8 Å². The number of nitrogens with one attached hydrogen (secondary N) is 2. The third-order valence-electron chi connectivity index (χ3n) is 5.26. The third kappa shape index (κ3) is 8.52. The van der Waals surface area contributed by atoms with E-state index in [1.807, 2.05) is 0 Å². The summed E-state index contributed by atoms with van der Waals surface area (Å²) in [7, 11) is 1.81. The molecular weight excluding hydrogens is 479 g/mol. The molecule has 3 rings (SSSR count). The van der Waals surface area contributed by atoms with Gasteiger partial charge in [0.05, 0.1) is 0 Å². The van der Waals surface area contributed by atoms with Crippen molar-refractivity contribution in [3.8, 4) is 0 Å². The van der Waals surface area contributed by atoms with Gasteiger partial charge in [-0.3, -0.25) is 4.99 Å². The fraction of sp³-hybridized carbons (Fsp3) is 0.591. The van der Waals surface area contributed by atoms with Gasteiger partial charge in [0.25, 0.3) is 0 Å². The van der Waals surface area contributed by atoms with E-state index in [9.17, 15) is 0 Å². The average Bonchev–Trinajstić information content (AvgIpc) is 3.29. The number of benzene rings is 1. The van der Waals surface area contributed by atoms with Gasteiger partial charge in [-0.25, -0.2) is 0 Å². The van der Waals surface area contributed by atoms with E-state index in [0.717, 1.165) is 77.8 Å². The molecule has 29 heavy (non-hydrogen) atoms. The molecule has 0 spiro atoms. The molecule has 1 saturated heterocycles. The predicted octanol–water partition coefficient (Wildman–Crippen LogP) is 3.18. The number of guanidine groups is 1. The van der Waals surface area contributed by atoms with Crippen LogP contribution in [0.5, 0.6) is 0 Å². The van der Waals surface area contributed by atoms with Crippen LogP contribution < -0.4 is 15.5 Å². The Bertz CT molecular complexity index is 622. The molecule has 1 aromatic rings. The summed E-state index contributed by atoms with van der Waals surface area (Å²) in [4.78, 5) is 6.65. The number of halogens is 1. The number of hydrogen-bond donors (Lipinski definition) is 2. The number of hydrogen-bond acceptors (Lipinski definition) is 4. The lowest BCUT2D eigenvalue weighted by molar-refractivity contribution is 0.0203. The summed E-state index contributed by atoms with van der Waals surface area (Å²) in [5, 5.41) is 6.73. The Morgan fingerprint density at radius 2 is 1.86 bits per heavy atom. The topological polar surface area (TPSA) is 58.1 Å². The lowest BCUT2D eigenvalue weighted by Crippen LogP contribution is -2.37. The highest BCUT2D eigenvalue weighted by Gasteiger charge is 2.13. The maximum atomic E-state index is 5.81. The molecule has 0 unspecified atom stereocenters. The fourth-order valence-corrected chi connectivity index (χ4v) is 3.46. The zero-order valence-electron chi connectivity index (χ0n) is 17.4. The number of aliphatic imine (C=N–C) groups is 1. The van der Waals surface area contributed by atoms with Crippen molar-refractivity contribution in [1.29, 1.82) is 0 Å². The van der Waals surface area contributed by atoms with Crippen LogP contribution in [0, 0.1) is 5.92 Å². The summed E-state index contributed by atoms with van der Waals surface area (Å²) < 4.78 is 11.2. The Morgan fingerprint density at radius 1 is 1.14 bits per heavy atom. The van der Waals surface area contributed by atoms with E-state index in [1.54, 1.807) is 7.05 Å². The number of nitrogens with zero attached hydrogens (tertiary/aromatic N) is 2. The number of rotatable bonds is 9. The van der Waals surface area contributed by atoms with Crippen LogP contribution in [-0.4, -0.2) is 59.1 Å². The van der Waals surface area contributed by atoms with Gasteiger partial charge < -0.3 is 25.0 Å². The minimum Gasteiger partial charge on any atom is -0.381 e. The van der Waals surface area contributed by atoms with E-state index < -0.39 is 0 Å². The Kier molecular flexibility index (Phi) is 11.4. The maximum absolute atomic E-state index is 5.81. The molecule has 2 N–H and O–H groups in total. The second-order valence-electron chi connectivity index (χ2n) is 7.38. The van der Waals surface area contributed by atoms with Crippen LogP contribution in [0.3, 0.4) is 0 Å². The second-order valence-corrected chi connectivity index (χ2v) is 7.38. The summed E-state index contributed by atoms with van der Waals surface area (Å²) in [5.74, 6) is 1.50. The summed E-state index contributed by atoms with van der Waals surface area (Å²) in [5.41, 5.74) is 2.52. The van der Waals surface area contributed by atoms with Gasteiger partial charge in [-0.15, -0.1) is 24.0 Å². The van der Waals surface area contributed by atoms with E-state index in [-0.39, 0.29) is 24.0 Å². The largest absolute Gasteiger partial charge is 0.381 e. The molecule has 0 saturated carbocycles. The molecule has 162 valence electrons. The van der Waals surface area contributed by atoms with E-state index in [0.29, 0.717) is 5.92 Å².